The Morgan fingerprint density at radius 3 is 2.95 bits per heavy atom. The van der Waals surface area contributed by atoms with E-state index in [1.807, 2.05) is 4.90 Å². The van der Waals surface area contributed by atoms with Crippen LogP contribution in [0.4, 0.5) is 0 Å². The first-order valence-electron chi connectivity index (χ1n) is 7.82. The van der Waals surface area contributed by atoms with Crippen molar-refractivity contribution < 1.29 is 19.4 Å². The Bertz CT molecular complexity index is 373. The van der Waals surface area contributed by atoms with Gasteiger partial charge in [0.05, 0.1) is 12.5 Å². The van der Waals surface area contributed by atoms with Crippen molar-refractivity contribution >= 4 is 11.8 Å². The molecular formula is C15H26N2O4. The molecule has 2 aliphatic rings. The molecule has 2 heterocycles. The molecule has 6 nitrogen and oxygen atoms in total. The Hall–Kier alpha value is -1.14. The van der Waals surface area contributed by atoms with Crippen molar-refractivity contribution in [2.45, 2.75) is 25.7 Å². The number of carbonyl (C=O) groups excluding carboxylic acids is 2. The highest BCUT2D eigenvalue weighted by molar-refractivity contribution is 5.89. The molecule has 2 fully saturated rings. The van der Waals surface area contributed by atoms with Gasteiger partial charge in [0.15, 0.2) is 0 Å². The molecule has 2 aliphatic heterocycles. The number of carbonyl (C=O) groups is 2. The van der Waals surface area contributed by atoms with Gasteiger partial charge in [0, 0.05) is 46.3 Å². The van der Waals surface area contributed by atoms with Gasteiger partial charge in [0.25, 0.3) is 0 Å². The van der Waals surface area contributed by atoms with Crippen LogP contribution in [0.2, 0.25) is 0 Å². The SMILES string of the molecule is COCCN1CC(C(=O)N2CCCC(CCO)C2)CC1=O. The Kier molecular flexibility index (Phi) is 5.99. The Balaban J connectivity index is 1.87. The summed E-state index contributed by atoms with van der Waals surface area (Å²) in [5, 5.41) is 9.04. The number of amides is 2. The highest BCUT2D eigenvalue weighted by atomic mass is 16.5. The number of aliphatic hydroxyl groups is 1. The van der Waals surface area contributed by atoms with Gasteiger partial charge in [-0.1, -0.05) is 0 Å². The lowest BCUT2D eigenvalue weighted by molar-refractivity contribution is -0.137. The van der Waals surface area contributed by atoms with Crippen LogP contribution in [0.1, 0.15) is 25.7 Å². The molecule has 0 aromatic carbocycles. The summed E-state index contributed by atoms with van der Waals surface area (Å²) in [4.78, 5) is 28.1. The molecule has 2 unspecified atom stereocenters. The number of nitrogens with zero attached hydrogens (tertiary/aromatic N) is 2. The van der Waals surface area contributed by atoms with Crippen LogP contribution in [0, 0.1) is 11.8 Å². The largest absolute Gasteiger partial charge is 0.396 e. The second kappa shape index (κ2) is 7.75. The Morgan fingerprint density at radius 1 is 1.43 bits per heavy atom. The van der Waals surface area contributed by atoms with Crippen LogP contribution in [0.25, 0.3) is 0 Å². The Morgan fingerprint density at radius 2 is 2.24 bits per heavy atom. The third-order valence-corrected chi connectivity index (χ3v) is 4.50. The molecule has 0 aromatic rings. The smallest absolute Gasteiger partial charge is 0.228 e. The van der Waals surface area contributed by atoms with Crippen LogP contribution in [0.15, 0.2) is 0 Å². The molecule has 2 rings (SSSR count). The lowest BCUT2D eigenvalue weighted by Crippen LogP contribution is -2.44. The van der Waals surface area contributed by atoms with Crippen molar-refractivity contribution in [3.05, 3.63) is 0 Å². The van der Waals surface area contributed by atoms with Crippen molar-refractivity contribution in [2.24, 2.45) is 11.8 Å². The van der Waals surface area contributed by atoms with Crippen molar-refractivity contribution in [1.29, 1.82) is 0 Å². The molecular weight excluding hydrogens is 272 g/mol. The van der Waals surface area contributed by atoms with E-state index in [2.05, 4.69) is 0 Å². The molecule has 2 saturated heterocycles. The quantitative estimate of drug-likeness (QED) is 0.755. The number of hydrogen-bond donors (Lipinski definition) is 1. The van der Waals surface area contributed by atoms with Crippen molar-refractivity contribution in [3.8, 4) is 0 Å². The number of likely N-dealkylation sites (tertiary alicyclic amines) is 2. The number of aliphatic hydroxyl groups excluding tert-OH is 1. The minimum Gasteiger partial charge on any atom is -0.396 e. The van der Waals surface area contributed by atoms with E-state index in [9.17, 15) is 9.59 Å². The maximum Gasteiger partial charge on any atom is 0.228 e. The zero-order valence-corrected chi connectivity index (χ0v) is 12.8. The minimum atomic E-state index is -0.206. The maximum atomic E-state index is 12.6. The van der Waals surface area contributed by atoms with Crippen LogP contribution in [0.5, 0.6) is 0 Å². The third kappa shape index (κ3) is 4.17. The number of rotatable bonds is 6. The highest BCUT2D eigenvalue weighted by Crippen LogP contribution is 2.25. The first-order chi connectivity index (χ1) is 10.2. The van der Waals surface area contributed by atoms with Crippen LogP contribution in [-0.4, -0.2) is 73.2 Å². The van der Waals surface area contributed by atoms with Crippen molar-refractivity contribution in [1.82, 2.24) is 9.80 Å². The molecule has 6 heteroatoms. The van der Waals surface area contributed by atoms with Crippen molar-refractivity contribution in [2.75, 3.05) is 46.5 Å². The monoisotopic (exact) mass is 298 g/mol. The van der Waals surface area contributed by atoms with Crippen LogP contribution in [0.3, 0.4) is 0 Å². The average Bonchev–Trinajstić information content (AvgIpc) is 2.86. The van der Waals surface area contributed by atoms with E-state index in [4.69, 9.17) is 9.84 Å². The number of hydrogen-bond acceptors (Lipinski definition) is 4. The third-order valence-electron chi connectivity index (χ3n) is 4.50. The molecule has 0 aromatic heterocycles. The summed E-state index contributed by atoms with van der Waals surface area (Å²) in [6.45, 7) is 3.27. The van der Waals surface area contributed by atoms with E-state index >= 15 is 0 Å². The molecule has 0 radical (unpaired) electrons. The molecule has 0 spiro atoms. The number of piperidine rings is 1. The van der Waals surface area contributed by atoms with Gasteiger partial charge in [-0.25, -0.2) is 0 Å². The second-order valence-corrected chi connectivity index (χ2v) is 6.04. The molecule has 0 aliphatic carbocycles. The fourth-order valence-electron chi connectivity index (χ4n) is 3.30. The molecule has 2 atom stereocenters. The zero-order chi connectivity index (χ0) is 15.2. The predicted molar refractivity (Wildman–Crippen MR) is 77.6 cm³/mol. The molecule has 0 saturated carbocycles. The summed E-state index contributed by atoms with van der Waals surface area (Å²) in [6.07, 6.45) is 3.15. The molecule has 120 valence electrons. The zero-order valence-electron chi connectivity index (χ0n) is 12.8. The second-order valence-electron chi connectivity index (χ2n) is 6.04. The minimum absolute atomic E-state index is 0.0503. The van der Waals surface area contributed by atoms with Gasteiger partial charge in [0.1, 0.15) is 0 Å². The summed E-state index contributed by atoms with van der Waals surface area (Å²) in [5.74, 6) is 0.344. The number of methoxy groups -OCH3 is 1. The van der Waals surface area contributed by atoms with Gasteiger partial charge < -0.3 is 19.6 Å². The van der Waals surface area contributed by atoms with Crippen LogP contribution >= 0.6 is 0 Å². The summed E-state index contributed by atoms with van der Waals surface area (Å²) < 4.78 is 4.99. The Labute approximate surface area is 126 Å². The van der Waals surface area contributed by atoms with E-state index in [1.54, 1.807) is 12.0 Å². The maximum absolute atomic E-state index is 12.6. The summed E-state index contributed by atoms with van der Waals surface area (Å²) in [6, 6.07) is 0. The molecule has 1 N–H and O–H groups in total. The van der Waals surface area contributed by atoms with E-state index in [-0.39, 0.29) is 24.3 Å². The van der Waals surface area contributed by atoms with Crippen LogP contribution in [-0.2, 0) is 14.3 Å². The van der Waals surface area contributed by atoms with Gasteiger partial charge in [-0.15, -0.1) is 0 Å². The lowest BCUT2D eigenvalue weighted by Gasteiger charge is -2.34. The summed E-state index contributed by atoms with van der Waals surface area (Å²) >= 11 is 0. The van der Waals surface area contributed by atoms with Crippen LogP contribution < -0.4 is 0 Å². The average molecular weight is 298 g/mol. The lowest BCUT2D eigenvalue weighted by atomic mass is 9.94. The molecule has 2 amide bonds. The fraction of sp³-hybridized carbons (Fsp3) is 0.867. The molecule has 0 bridgehead atoms. The molecule has 21 heavy (non-hydrogen) atoms. The van der Waals surface area contributed by atoms with E-state index in [1.165, 1.54) is 0 Å². The topological polar surface area (TPSA) is 70.1 Å². The standard InChI is InChI=1S/C15H26N2O4/c1-21-8-6-16-11-13(9-14(16)19)15(20)17-5-2-3-12(10-17)4-7-18/h12-13,18H,2-11H2,1H3. The van der Waals surface area contributed by atoms with E-state index in [0.717, 1.165) is 32.4 Å². The van der Waals surface area contributed by atoms with Gasteiger partial charge in [-0.2, -0.15) is 0 Å². The van der Waals surface area contributed by atoms with Gasteiger partial charge in [0.2, 0.25) is 11.8 Å². The van der Waals surface area contributed by atoms with E-state index < -0.39 is 0 Å². The normalized spacial score (nSPS) is 26.5. The van der Waals surface area contributed by atoms with Gasteiger partial charge >= 0.3 is 0 Å². The first kappa shape index (κ1) is 16.2. The van der Waals surface area contributed by atoms with E-state index in [0.29, 0.717) is 32.0 Å². The van der Waals surface area contributed by atoms with Gasteiger partial charge in [-0.05, 0) is 25.2 Å². The predicted octanol–water partition coefficient (Wildman–Crippen LogP) is 0.102. The van der Waals surface area contributed by atoms with Gasteiger partial charge in [-0.3, -0.25) is 9.59 Å². The fourth-order valence-corrected chi connectivity index (χ4v) is 3.30. The van der Waals surface area contributed by atoms with Crippen molar-refractivity contribution in [3.63, 3.8) is 0 Å². The summed E-state index contributed by atoms with van der Waals surface area (Å²) in [5.41, 5.74) is 0. The first-order valence-corrected chi connectivity index (χ1v) is 7.82. The summed E-state index contributed by atoms with van der Waals surface area (Å²) in [7, 11) is 1.61. The highest BCUT2D eigenvalue weighted by Gasteiger charge is 2.37. The number of ether oxygens (including phenoxy) is 1.